The van der Waals surface area contributed by atoms with Crippen LogP contribution in [0.2, 0.25) is 0 Å². The fourth-order valence-corrected chi connectivity index (χ4v) is 3.53. The summed E-state index contributed by atoms with van der Waals surface area (Å²) in [7, 11) is 0. The van der Waals surface area contributed by atoms with Crippen molar-refractivity contribution >= 4 is 11.9 Å². The monoisotopic (exact) mass is 381 g/mol. The second-order valence-electron chi connectivity index (χ2n) is 8.26. The van der Waals surface area contributed by atoms with E-state index in [0.29, 0.717) is 6.42 Å². The van der Waals surface area contributed by atoms with Gasteiger partial charge in [0.1, 0.15) is 11.3 Å². The zero-order chi connectivity index (χ0) is 20.6. The fraction of sp³-hybridized carbons (Fsp3) is 0.667. The average molecular weight is 381 g/mol. The van der Waals surface area contributed by atoms with Crippen LogP contribution in [0.1, 0.15) is 52.0 Å². The number of nitrogens with one attached hydrogen (secondary N) is 1. The largest absolute Gasteiger partial charge is 0.481 e. The minimum absolute atomic E-state index is 0.0884. The zero-order valence-corrected chi connectivity index (χ0v) is 16.1. The van der Waals surface area contributed by atoms with E-state index in [0.717, 1.165) is 0 Å². The Morgan fingerprint density at radius 2 is 2.04 bits per heavy atom. The summed E-state index contributed by atoms with van der Waals surface area (Å²) in [5.74, 6) is -2.71. The average Bonchev–Trinajstić information content (AvgIpc) is 2.50. The van der Waals surface area contributed by atoms with Gasteiger partial charge in [0.25, 0.3) is 5.56 Å². The molecule has 1 aromatic heterocycles. The lowest BCUT2D eigenvalue weighted by Crippen LogP contribution is -2.60. The topological polar surface area (TPSA) is 144 Å². The molecule has 0 saturated heterocycles. The molecule has 0 radical (unpaired) electrons. The number of ether oxygens (including phenoxy) is 1. The van der Waals surface area contributed by atoms with Crippen LogP contribution in [0.4, 0.5) is 0 Å². The van der Waals surface area contributed by atoms with Gasteiger partial charge in [-0.05, 0) is 52.9 Å². The minimum atomic E-state index is -1.41. The predicted molar refractivity (Wildman–Crippen MR) is 97.1 cm³/mol. The van der Waals surface area contributed by atoms with Crippen LogP contribution in [0.25, 0.3) is 0 Å². The van der Waals surface area contributed by atoms with Crippen LogP contribution in [0.5, 0.6) is 0 Å². The molecule has 3 unspecified atom stereocenters. The first-order chi connectivity index (χ1) is 12.3. The number of carboxylic acids is 1. The molecule has 0 amide bonds. The van der Waals surface area contributed by atoms with Crippen molar-refractivity contribution in [2.45, 2.75) is 64.6 Å². The van der Waals surface area contributed by atoms with E-state index in [4.69, 9.17) is 15.6 Å². The molecule has 4 N–H and O–H groups in total. The predicted octanol–water partition coefficient (Wildman–Crippen LogP) is 0.689. The standard InChI is InChI=1S/C18H27N3O6/c1-10-9-21(16(26)20-14(10)24)18(19)6-5-11(8-13(22)23)7-12(18)15(25)27-17(2,3)4/h9,11-12H,5-8,19H2,1-4H3,(H,22,23)(H,20,24,26). The highest BCUT2D eigenvalue weighted by Gasteiger charge is 2.48. The molecule has 1 saturated carbocycles. The number of rotatable bonds is 4. The van der Waals surface area contributed by atoms with Gasteiger partial charge in [-0.15, -0.1) is 0 Å². The smallest absolute Gasteiger partial charge is 0.329 e. The molecule has 150 valence electrons. The van der Waals surface area contributed by atoms with Gasteiger partial charge < -0.3 is 15.6 Å². The lowest BCUT2D eigenvalue weighted by Gasteiger charge is -2.44. The van der Waals surface area contributed by atoms with E-state index in [1.807, 2.05) is 0 Å². The first kappa shape index (κ1) is 20.9. The van der Waals surface area contributed by atoms with E-state index in [-0.39, 0.29) is 30.7 Å². The molecule has 2 rings (SSSR count). The summed E-state index contributed by atoms with van der Waals surface area (Å²) in [6.07, 6.45) is 2.08. The number of carboxylic acid groups (broad SMARTS) is 1. The van der Waals surface area contributed by atoms with Crippen molar-refractivity contribution in [2.75, 3.05) is 0 Å². The van der Waals surface area contributed by atoms with E-state index in [1.54, 1.807) is 20.8 Å². The molecule has 1 heterocycles. The summed E-state index contributed by atoms with van der Waals surface area (Å²) < 4.78 is 6.66. The fourth-order valence-electron chi connectivity index (χ4n) is 3.53. The van der Waals surface area contributed by atoms with E-state index in [1.165, 1.54) is 17.7 Å². The van der Waals surface area contributed by atoms with Crippen LogP contribution >= 0.6 is 0 Å². The number of aliphatic carboxylic acids is 1. The summed E-state index contributed by atoms with van der Waals surface area (Å²) in [6.45, 7) is 6.70. The number of H-pyrrole nitrogens is 1. The van der Waals surface area contributed by atoms with Gasteiger partial charge in [0.2, 0.25) is 0 Å². The maximum absolute atomic E-state index is 12.9. The molecule has 1 fully saturated rings. The number of esters is 1. The van der Waals surface area contributed by atoms with Crippen molar-refractivity contribution < 1.29 is 19.4 Å². The second kappa shape index (κ2) is 7.30. The number of carbonyl (C=O) groups is 2. The summed E-state index contributed by atoms with van der Waals surface area (Å²) >= 11 is 0. The Morgan fingerprint density at radius 1 is 1.41 bits per heavy atom. The van der Waals surface area contributed by atoms with Crippen molar-refractivity contribution in [1.82, 2.24) is 9.55 Å². The normalized spacial score (nSPS) is 25.8. The molecule has 0 bridgehead atoms. The molecule has 27 heavy (non-hydrogen) atoms. The van der Waals surface area contributed by atoms with E-state index < -0.39 is 40.4 Å². The Balaban J connectivity index is 2.49. The molecule has 3 atom stereocenters. The number of carbonyl (C=O) groups excluding carboxylic acids is 1. The Bertz CT molecular complexity index is 850. The second-order valence-corrected chi connectivity index (χ2v) is 8.26. The van der Waals surface area contributed by atoms with Gasteiger partial charge in [-0.2, -0.15) is 0 Å². The third-order valence-corrected chi connectivity index (χ3v) is 4.85. The summed E-state index contributed by atoms with van der Waals surface area (Å²) in [5.41, 5.74) is 3.43. The van der Waals surface area contributed by atoms with Gasteiger partial charge in [0.15, 0.2) is 0 Å². The number of aromatic amines is 1. The quantitative estimate of drug-likeness (QED) is 0.651. The molecular formula is C18H27N3O6. The van der Waals surface area contributed by atoms with Crippen LogP contribution in [0.15, 0.2) is 15.8 Å². The third-order valence-electron chi connectivity index (χ3n) is 4.85. The highest BCUT2D eigenvalue weighted by atomic mass is 16.6. The molecule has 1 aliphatic rings. The molecule has 0 aliphatic heterocycles. The summed E-state index contributed by atoms with van der Waals surface area (Å²) in [5, 5.41) is 9.09. The molecule has 0 aromatic carbocycles. The lowest BCUT2D eigenvalue weighted by atomic mass is 9.72. The minimum Gasteiger partial charge on any atom is -0.481 e. The van der Waals surface area contributed by atoms with Gasteiger partial charge in [-0.25, -0.2) is 4.79 Å². The van der Waals surface area contributed by atoms with Crippen molar-refractivity contribution in [3.63, 3.8) is 0 Å². The maximum atomic E-state index is 12.9. The van der Waals surface area contributed by atoms with Gasteiger partial charge in [-0.3, -0.25) is 23.9 Å². The van der Waals surface area contributed by atoms with E-state index >= 15 is 0 Å². The highest BCUT2D eigenvalue weighted by molar-refractivity contribution is 5.74. The summed E-state index contributed by atoms with van der Waals surface area (Å²) in [4.78, 5) is 50.2. The number of aromatic nitrogens is 2. The highest BCUT2D eigenvalue weighted by Crippen LogP contribution is 2.40. The van der Waals surface area contributed by atoms with Crippen LogP contribution in [-0.2, 0) is 20.0 Å². The number of hydrogen-bond acceptors (Lipinski definition) is 6. The third kappa shape index (κ3) is 4.65. The van der Waals surface area contributed by atoms with Crippen LogP contribution in [0, 0.1) is 18.8 Å². The maximum Gasteiger partial charge on any atom is 0.329 e. The Kier molecular flexibility index (Phi) is 5.65. The van der Waals surface area contributed by atoms with Gasteiger partial charge in [0, 0.05) is 18.2 Å². The number of nitrogens with zero attached hydrogens (tertiary/aromatic N) is 1. The molecule has 9 nitrogen and oxygen atoms in total. The number of nitrogens with two attached hydrogens (primary N) is 1. The van der Waals surface area contributed by atoms with Crippen LogP contribution in [0.3, 0.4) is 0 Å². The van der Waals surface area contributed by atoms with Crippen LogP contribution in [-0.4, -0.2) is 32.2 Å². The lowest BCUT2D eigenvalue weighted by molar-refractivity contribution is -0.168. The molecule has 1 aliphatic carbocycles. The van der Waals surface area contributed by atoms with Crippen molar-refractivity contribution in [1.29, 1.82) is 0 Å². The van der Waals surface area contributed by atoms with Gasteiger partial charge in [-0.1, -0.05) is 0 Å². The Hall–Kier alpha value is -2.42. The summed E-state index contributed by atoms with van der Waals surface area (Å²) in [6, 6.07) is 0. The Labute approximate surface area is 156 Å². The van der Waals surface area contributed by atoms with Gasteiger partial charge >= 0.3 is 17.6 Å². The van der Waals surface area contributed by atoms with Crippen molar-refractivity contribution in [3.8, 4) is 0 Å². The molecule has 9 heteroatoms. The molecule has 0 spiro atoms. The molecular weight excluding hydrogens is 354 g/mol. The van der Waals surface area contributed by atoms with Gasteiger partial charge in [0.05, 0.1) is 5.92 Å². The van der Waals surface area contributed by atoms with E-state index in [2.05, 4.69) is 4.98 Å². The first-order valence-electron chi connectivity index (χ1n) is 8.90. The number of hydrogen-bond donors (Lipinski definition) is 3. The van der Waals surface area contributed by atoms with Crippen molar-refractivity contribution in [2.24, 2.45) is 17.6 Å². The SMILES string of the molecule is Cc1cn(C2(N)CCC(CC(=O)O)CC2C(=O)OC(C)(C)C)c(=O)[nH]c1=O. The zero-order valence-electron chi connectivity index (χ0n) is 16.1. The molecule has 1 aromatic rings. The van der Waals surface area contributed by atoms with E-state index in [9.17, 15) is 19.2 Å². The first-order valence-corrected chi connectivity index (χ1v) is 8.90. The number of aryl methyl sites for hydroxylation is 1. The van der Waals surface area contributed by atoms with Crippen LogP contribution < -0.4 is 17.0 Å². The Morgan fingerprint density at radius 3 is 2.59 bits per heavy atom. The van der Waals surface area contributed by atoms with Crippen molar-refractivity contribution in [3.05, 3.63) is 32.6 Å².